The van der Waals surface area contributed by atoms with E-state index >= 15 is 0 Å². The number of esters is 1. The molecule has 0 N–H and O–H groups in total. The lowest BCUT2D eigenvalue weighted by Crippen LogP contribution is -2.38. The van der Waals surface area contributed by atoms with Crippen LogP contribution in [0.15, 0.2) is 30.3 Å². The van der Waals surface area contributed by atoms with Crippen molar-refractivity contribution in [2.75, 3.05) is 6.61 Å². The highest BCUT2D eigenvalue weighted by Gasteiger charge is 2.44. The molecule has 0 fully saturated rings. The maximum absolute atomic E-state index is 11.7. The Balaban J connectivity index is 3.17. The standard InChI is InChI=1S/C12H13ClO3/c1-3-16-11(15)12(13,9(2)14)10-7-5-4-6-8-10/h4-8H,3H2,1-2H3. The summed E-state index contributed by atoms with van der Waals surface area (Å²) in [5, 5.41) is 0. The van der Waals surface area contributed by atoms with Crippen LogP contribution in [-0.4, -0.2) is 18.4 Å². The molecule has 0 aliphatic carbocycles. The number of ether oxygens (including phenoxy) is 1. The van der Waals surface area contributed by atoms with Gasteiger partial charge in [-0.25, -0.2) is 4.79 Å². The molecule has 4 heteroatoms. The highest BCUT2D eigenvalue weighted by atomic mass is 35.5. The molecule has 0 aliphatic heterocycles. The van der Waals surface area contributed by atoms with Crippen molar-refractivity contribution in [1.29, 1.82) is 0 Å². The number of carbonyl (C=O) groups excluding carboxylic acids is 2. The molecular formula is C12H13ClO3. The van der Waals surface area contributed by atoms with Crippen molar-refractivity contribution >= 4 is 23.4 Å². The van der Waals surface area contributed by atoms with E-state index < -0.39 is 16.6 Å². The molecule has 1 aromatic rings. The monoisotopic (exact) mass is 240 g/mol. The number of carbonyl (C=O) groups is 2. The van der Waals surface area contributed by atoms with Gasteiger partial charge in [0.15, 0.2) is 5.78 Å². The lowest BCUT2D eigenvalue weighted by Gasteiger charge is -2.22. The number of benzene rings is 1. The molecule has 16 heavy (non-hydrogen) atoms. The van der Waals surface area contributed by atoms with Gasteiger partial charge in [-0.15, -0.1) is 0 Å². The molecule has 1 aromatic carbocycles. The summed E-state index contributed by atoms with van der Waals surface area (Å²) in [5.41, 5.74) is 0.433. The van der Waals surface area contributed by atoms with Crippen molar-refractivity contribution in [2.45, 2.75) is 18.7 Å². The molecule has 1 rings (SSSR count). The minimum atomic E-state index is -1.72. The Morgan fingerprint density at radius 2 is 1.88 bits per heavy atom. The maximum Gasteiger partial charge on any atom is 0.339 e. The minimum absolute atomic E-state index is 0.188. The Kier molecular flexibility index (Phi) is 4.07. The van der Waals surface area contributed by atoms with Crippen LogP contribution in [0.5, 0.6) is 0 Å². The van der Waals surface area contributed by atoms with Crippen LogP contribution in [0.25, 0.3) is 0 Å². The van der Waals surface area contributed by atoms with E-state index in [1.54, 1.807) is 37.3 Å². The van der Waals surface area contributed by atoms with Crippen LogP contribution in [0.2, 0.25) is 0 Å². The Labute approximate surface area is 99.4 Å². The molecule has 0 aromatic heterocycles. The van der Waals surface area contributed by atoms with Crippen LogP contribution in [0, 0.1) is 0 Å². The average Bonchev–Trinajstić information content (AvgIpc) is 2.29. The molecule has 3 nitrogen and oxygen atoms in total. The predicted octanol–water partition coefficient (Wildman–Crippen LogP) is 2.27. The van der Waals surface area contributed by atoms with Gasteiger partial charge >= 0.3 is 5.97 Å². The average molecular weight is 241 g/mol. The van der Waals surface area contributed by atoms with Gasteiger partial charge in [0.1, 0.15) is 0 Å². The van der Waals surface area contributed by atoms with Gasteiger partial charge in [0.25, 0.3) is 0 Å². The highest BCUT2D eigenvalue weighted by Crippen LogP contribution is 2.31. The second kappa shape index (κ2) is 5.12. The molecule has 0 bridgehead atoms. The Morgan fingerprint density at radius 3 is 2.31 bits per heavy atom. The maximum atomic E-state index is 11.7. The molecule has 0 aliphatic rings. The van der Waals surface area contributed by atoms with Crippen LogP contribution < -0.4 is 0 Å². The van der Waals surface area contributed by atoms with Crippen LogP contribution in [0.4, 0.5) is 0 Å². The summed E-state index contributed by atoms with van der Waals surface area (Å²) < 4.78 is 4.83. The van der Waals surface area contributed by atoms with E-state index in [0.29, 0.717) is 5.56 Å². The second-order valence-corrected chi connectivity index (χ2v) is 3.87. The lowest BCUT2D eigenvalue weighted by atomic mass is 9.94. The molecule has 1 atom stereocenters. The van der Waals surface area contributed by atoms with E-state index in [9.17, 15) is 9.59 Å². The predicted molar refractivity (Wildman–Crippen MR) is 61.3 cm³/mol. The van der Waals surface area contributed by atoms with Crippen molar-refractivity contribution < 1.29 is 14.3 Å². The summed E-state index contributed by atoms with van der Waals surface area (Å²) in [7, 11) is 0. The smallest absolute Gasteiger partial charge is 0.339 e. The zero-order valence-electron chi connectivity index (χ0n) is 9.20. The molecular weight excluding hydrogens is 228 g/mol. The molecule has 0 spiro atoms. The Hall–Kier alpha value is -1.35. The fourth-order valence-electron chi connectivity index (χ4n) is 1.36. The topological polar surface area (TPSA) is 43.4 Å². The number of alkyl halides is 1. The normalized spacial score (nSPS) is 13.9. The fourth-order valence-corrected chi connectivity index (χ4v) is 1.54. The number of Topliss-reactive ketones (excluding diaryl/α,β-unsaturated/α-hetero) is 1. The van der Waals surface area contributed by atoms with Crippen molar-refractivity contribution in [1.82, 2.24) is 0 Å². The van der Waals surface area contributed by atoms with E-state index in [4.69, 9.17) is 16.3 Å². The summed E-state index contributed by atoms with van der Waals surface area (Å²) in [5.74, 6) is -1.17. The molecule has 0 saturated heterocycles. The van der Waals surface area contributed by atoms with Gasteiger partial charge in [-0.2, -0.15) is 0 Å². The molecule has 0 saturated carbocycles. The second-order valence-electron chi connectivity index (χ2n) is 3.30. The number of hydrogen-bond donors (Lipinski definition) is 0. The van der Waals surface area contributed by atoms with Crippen LogP contribution in [0.3, 0.4) is 0 Å². The molecule has 86 valence electrons. The molecule has 1 unspecified atom stereocenters. The van der Waals surface area contributed by atoms with Gasteiger partial charge in [0.2, 0.25) is 4.87 Å². The zero-order chi connectivity index (χ0) is 12.2. The summed E-state index contributed by atoms with van der Waals surface area (Å²) in [6.45, 7) is 3.13. The first-order valence-corrected chi connectivity index (χ1v) is 5.34. The van der Waals surface area contributed by atoms with Gasteiger partial charge in [-0.3, -0.25) is 4.79 Å². The van der Waals surface area contributed by atoms with Crippen molar-refractivity contribution in [3.8, 4) is 0 Å². The quantitative estimate of drug-likeness (QED) is 0.461. The van der Waals surface area contributed by atoms with Gasteiger partial charge in [0.05, 0.1) is 6.61 Å². The van der Waals surface area contributed by atoms with Crippen molar-refractivity contribution in [3.63, 3.8) is 0 Å². The van der Waals surface area contributed by atoms with E-state index in [2.05, 4.69) is 0 Å². The van der Waals surface area contributed by atoms with Crippen LogP contribution >= 0.6 is 11.6 Å². The summed E-state index contributed by atoms with van der Waals surface area (Å²) in [4.78, 5) is 21.6. The largest absolute Gasteiger partial charge is 0.464 e. The first kappa shape index (κ1) is 12.7. The van der Waals surface area contributed by atoms with E-state index in [1.165, 1.54) is 6.92 Å². The van der Waals surface area contributed by atoms with Crippen molar-refractivity contribution in [2.24, 2.45) is 0 Å². The third-order valence-electron chi connectivity index (χ3n) is 2.21. The minimum Gasteiger partial charge on any atom is -0.464 e. The van der Waals surface area contributed by atoms with Gasteiger partial charge in [-0.05, 0) is 19.4 Å². The van der Waals surface area contributed by atoms with E-state index in [1.807, 2.05) is 0 Å². The summed E-state index contributed by atoms with van der Waals surface area (Å²) >= 11 is 6.10. The van der Waals surface area contributed by atoms with Gasteiger partial charge < -0.3 is 4.74 Å². The van der Waals surface area contributed by atoms with Crippen molar-refractivity contribution in [3.05, 3.63) is 35.9 Å². The highest BCUT2D eigenvalue weighted by molar-refractivity contribution is 6.45. The summed E-state index contributed by atoms with van der Waals surface area (Å²) in [6, 6.07) is 8.48. The van der Waals surface area contributed by atoms with Crippen LogP contribution in [0.1, 0.15) is 19.4 Å². The van der Waals surface area contributed by atoms with E-state index in [-0.39, 0.29) is 6.61 Å². The molecule has 0 heterocycles. The SMILES string of the molecule is CCOC(=O)C(Cl)(C(C)=O)c1ccccc1. The van der Waals surface area contributed by atoms with Crippen LogP contribution in [-0.2, 0) is 19.2 Å². The van der Waals surface area contributed by atoms with Gasteiger partial charge in [-0.1, -0.05) is 41.9 Å². The fraction of sp³-hybridized carbons (Fsp3) is 0.333. The molecule has 0 amide bonds. The Bertz CT molecular complexity index is 389. The molecule has 0 radical (unpaired) electrons. The number of ketones is 1. The number of hydrogen-bond acceptors (Lipinski definition) is 3. The lowest BCUT2D eigenvalue weighted by molar-refractivity contribution is -0.149. The zero-order valence-corrected chi connectivity index (χ0v) is 9.95. The van der Waals surface area contributed by atoms with E-state index in [0.717, 1.165) is 0 Å². The number of halogens is 1. The first-order valence-electron chi connectivity index (χ1n) is 4.96. The number of rotatable bonds is 4. The van der Waals surface area contributed by atoms with Gasteiger partial charge in [0, 0.05) is 0 Å². The summed E-state index contributed by atoms with van der Waals surface area (Å²) in [6.07, 6.45) is 0. The first-order chi connectivity index (χ1) is 7.53. The third-order valence-corrected chi connectivity index (χ3v) is 2.85. The third kappa shape index (κ3) is 2.25. The Morgan fingerprint density at radius 1 is 1.31 bits per heavy atom.